The fourth-order valence-corrected chi connectivity index (χ4v) is 2.69. The van der Waals surface area contributed by atoms with Crippen LogP contribution in [0.4, 0.5) is 5.13 Å². The lowest BCUT2D eigenvalue weighted by atomic mass is 10.1. The highest BCUT2D eigenvalue weighted by molar-refractivity contribution is 7.22. The van der Waals surface area contributed by atoms with Crippen molar-refractivity contribution in [1.82, 2.24) is 4.98 Å². The molecule has 1 heterocycles. The topological polar surface area (TPSA) is 82.5 Å². The first kappa shape index (κ1) is 13.5. The first-order valence-corrected chi connectivity index (χ1v) is 6.57. The molecule has 1 aromatic carbocycles. The van der Waals surface area contributed by atoms with E-state index in [-0.39, 0.29) is 0 Å². The molecule has 0 unspecified atom stereocenters. The summed E-state index contributed by atoms with van der Waals surface area (Å²) in [4.78, 5) is 15.2. The van der Waals surface area contributed by atoms with Crippen LogP contribution in [0.2, 0.25) is 0 Å². The summed E-state index contributed by atoms with van der Waals surface area (Å²) in [5.41, 5.74) is 1.89. The molecule has 19 heavy (non-hydrogen) atoms. The number of carboxylic acids is 1. The fraction of sp³-hybridized carbons (Fsp3) is 0.231. The minimum atomic E-state index is -1.10. The molecule has 0 aliphatic carbocycles. The van der Waals surface area contributed by atoms with E-state index in [1.54, 1.807) is 6.08 Å². The number of para-hydroxylation sites is 1. The molecule has 100 valence electrons. The number of carboxylic acid groups (broad SMARTS) is 1. The lowest BCUT2D eigenvalue weighted by Gasteiger charge is -2.09. The van der Waals surface area contributed by atoms with Crippen LogP contribution < -0.4 is 5.32 Å². The van der Waals surface area contributed by atoms with Crippen molar-refractivity contribution in [2.24, 2.45) is 0 Å². The van der Waals surface area contributed by atoms with Crippen LogP contribution in [0.5, 0.6) is 0 Å². The number of allylic oxidation sites excluding steroid dienone is 1. The molecular formula is C13H14N2O3S. The van der Waals surface area contributed by atoms with E-state index in [1.807, 2.05) is 18.2 Å². The van der Waals surface area contributed by atoms with E-state index in [9.17, 15) is 4.79 Å². The van der Waals surface area contributed by atoms with Gasteiger partial charge in [-0.3, -0.25) is 0 Å². The van der Waals surface area contributed by atoms with Crippen molar-refractivity contribution in [2.45, 2.75) is 12.5 Å². The van der Waals surface area contributed by atoms with Gasteiger partial charge in [0.15, 0.2) is 5.13 Å². The number of aliphatic carboxylic acids is 1. The highest BCUT2D eigenvalue weighted by Gasteiger charge is 2.18. The van der Waals surface area contributed by atoms with Crippen molar-refractivity contribution in [3.05, 3.63) is 36.4 Å². The van der Waals surface area contributed by atoms with E-state index in [1.165, 1.54) is 11.3 Å². The molecule has 0 saturated carbocycles. The molecule has 0 radical (unpaired) electrons. The van der Waals surface area contributed by atoms with Crippen LogP contribution in [0.15, 0.2) is 30.9 Å². The largest absolute Gasteiger partial charge is 0.480 e. The van der Waals surface area contributed by atoms with Gasteiger partial charge in [-0.15, -0.1) is 6.58 Å². The molecule has 0 bridgehead atoms. The summed E-state index contributed by atoms with van der Waals surface area (Å²) in [6, 6.07) is 4.79. The van der Waals surface area contributed by atoms with Gasteiger partial charge in [0.2, 0.25) is 0 Å². The van der Waals surface area contributed by atoms with Gasteiger partial charge in [0.25, 0.3) is 0 Å². The SMILES string of the molecule is C=CCc1cccc2sc(N[C@@H](CO)C(=O)O)nc12. The molecule has 1 aromatic heterocycles. The summed E-state index contributed by atoms with van der Waals surface area (Å²) in [6.45, 7) is 3.22. The number of nitrogens with zero attached hydrogens (tertiary/aromatic N) is 1. The van der Waals surface area contributed by atoms with Gasteiger partial charge in [0, 0.05) is 0 Å². The maximum absolute atomic E-state index is 10.9. The maximum Gasteiger partial charge on any atom is 0.328 e. The second kappa shape index (κ2) is 5.81. The summed E-state index contributed by atoms with van der Waals surface area (Å²) < 4.78 is 0.976. The standard InChI is InChI=1S/C13H14N2O3S/c1-2-4-8-5-3-6-10-11(8)15-13(19-10)14-9(7-16)12(17)18/h2-3,5-6,9,16H,1,4,7H2,(H,14,15)(H,17,18)/t9-/m0/s1. The van der Waals surface area contributed by atoms with Gasteiger partial charge in [0.05, 0.1) is 16.8 Å². The van der Waals surface area contributed by atoms with Crippen LogP contribution in [-0.4, -0.2) is 33.8 Å². The van der Waals surface area contributed by atoms with Crippen LogP contribution in [0.1, 0.15) is 5.56 Å². The van der Waals surface area contributed by atoms with Gasteiger partial charge in [-0.05, 0) is 18.1 Å². The van der Waals surface area contributed by atoms with Crippen LogP contribution >= 0.6 is 11.3 Å². The van der Waals surface area contributed by atoms with E-state index in [4.69, 9.17) is 10.2 Å². The lowest BCUT2D eigenvalue weighted by Crippen LogP contribution is -2.32. The number of anilines is 1. The number of nitrogens with one attached hydrogen (secondary N) is 1. The Labute approximate surface area is 114 Å². The molecule has 0 aliphatic heterocycles. The van der Waals surface area contributed by atoms with E-state index >= 15 is 0 Å². The highest BCUT2D eigenvalue weighted by atomic mass is 32.1. The Morgan fingerprint density at radius 3 is 3.00 bits per heavy atom. The van der Waals surface area contributed by atoms with Gasteiger partial charge in [-0.2, -0.15) is 0 Å². The van der Waals surface area contributed by atoms with E-state index < -0.39 is 18.6 Å². The van der Waals surface area contributed by atoms with E-state index in [0.29, 0.717) is 11.6 Å². The first-order valence-electron chi connectivity index (χ1n) is 5.75. The number of hydrogen-bond donors (Lipinski definition) is 3. The summed E-state index contributed by atoms with van der Waals surface area (Å²) in [6.07, 6.45) is 2.51. The second-order valence-corrected chi connectivity index (χ2v) is 5.02. The van der Waals surface area contributed by atoms with E-state index in [2.05, 4.69) is 16.9 Å². The van der Waals surface area contributed by atoms with Crippen molar-refractivity contribution in [3.8, 4) is 0 Å². The van der Waals surface area contributed by atoms with Crippen LogP contribution in [0.3, 0.4) is 0 Å². The smallest absolute Gasteiger partial charge is 0.328 e. The van der Waals surface area contributed by atoms with Gasteiger partial charge < -0.3 is 15.5 Å². The summed E-state index contributed by atoms with van der Waals surface area (Å²) in [5.74, 6) is -1.10. The number of hydrogen-bond acceptors (Lipinski definition) is 5. The number of fused-ring (bicyclic) bond motifs is 1. The summed E-state index contributed by atoms with van der Waals surface area (Å²) in [5, 5.41) is 21.1. The summed E-state index contributed by atoms with van der Waals surface area (Å²) in [7, 11) is 0. The Balaban J connectivity index is 2.33. The van der Waals surface area contributed by atoms with Gasteiger partial charge >= 0.3 is 5.97 Å². The molecule has 0 spiro atoms. The Kier molecular flexibility index (Phi) is 4.13. The van der Waals surface area contributed by atoms with Crippen LogP contribution in [-0.2, 0) is 11.2 Å². The average molecular weight is 278 g/mol. The fourth-order valence-electron chi connectivity index (χ4n) is 1.72. The lowest BCUT2D eigenvalue weighted by molar-refractivity contribution is -0.138. The number of aliphatic hydroxyl groups excluding tert-OH is 1. The summed E-state index contributed by atoms with van der Waals surface area (Å²) >= 11 is 1.37. The Morgan fingerprint density at radius 1 is 1.58 bits per heavy atom. The normalized spacial score (nSPS) is 12.3. The molecule has 0 amide bonds. The highest BCUT2D eigenvalue weighted by Crippen LogP contribution is 2.29. The quantitative estimate of drug-likeness (QED) is 0.703. The molecule has 2 rings (SSSR count). The molecule has 6 heteroatoms. The maximum atomic E-state index is 10.9. The van der Waals surface area contributed by atoms with Crippen molar-refractivity contribution in [2.75, 3.05) is 11.9 Å². The molecular weight excluding hydrogens is 264 g/mol. The molecule has 0 aliphatic rings. The third kappa shape index (κ3) is 2.91. The Morgan fingerprint density at radius 2 is 2.37 bits per heavy atom. The zero-order chi connectivity index (χ0) is 13.8. The van der Waals surface area contributed by atoms with Crippen LogP contribution in [0, 0.1) is 0 Å². The third-order valence-electron chi connectivity index (χ3n) is 2.65. The number of carbonyl (C=O) groups is 1. The number of rotatable bonds is 6. The predicted molar refractivity (Wildman–Crippen MR) is 75.7 cm³/mol. The number of aliphatic hydroxyl groups is 1. The number of thiazole rings is 1. The number of aromatic nitrogens is 1. The van der Waals surface area contributed by atoms with Gasteiger partial charge in [-0.1, -0.05) is 29.5 Å². The predicted octanol–water partition coefficient (Wildman–Crippen LogP) is 1.88. The third-order valence-corrected chi connectivity index (χ3v) is 3.60. The minimum Gasteiger partial charge on any atom is -0.480 e. The molecule has 3 N–H and O–H groups in total. The van der Waals surface area contributed by atoms with Gasteiger partial charge in [0.1, 0.15) is 6.04 Å². The number of benzene rings is 1. The molecule has 1 atom stereocenters. The minimum absolute atomic E-state index is 0.481. The molecule has 0 saturated heterocycles. The first-order chi connectivity index (χ1) is 9.15. The zero-order valence-corrected chi connectivity index (χ0v) is 11.0. The van der Waals surface area contributed by atoms with Crippen LogP contribution in [0.25, 0.3) is 10.2 Å². The van der Waals surface area contributed by atoms with E-state index in [0.717, 1.165) is 15.8 Å². The second-order valence-electron chi connectivity index (χ2n) is 3.99. The molecule has 2 aromatic rings. The average Bonchev–Trinajstić information content (AvgIpc) is 2.79. The molecule has 0 fully saturated rings. The molecule has 5 nitrogen and oxygen atoms in total. The van der Waals surface area contributed by atoms with Crippen molar-refractivity contribution < 1.29 is 15.0 Å². The van der Waals surface area contributed by atoms with Crippen molar-refractivity contribution in [3.63, 3.8) is 0 Å². The monoisotopic (exact) mass is 278 g/mol. The zero-order valence-electron chi connectivity index (χ0n) is 10.2. The van der Waals surface area contributed by atoms with Gasteiger partial charge in [-0.25, -0.2) is 9.78 Å². The van der Waals surface area contributed by atoms with Crippen molar-refractivity contribution >= 4 is 32.7 Å². The Bertz CT molecular complexity index is 609. The van der Waals surface area contributed by atoms with Crippen molar-refractivity contribution in [1.29, 1.82) is 0 Å². The Hall–Kier alpha value is -1.92.